The summed E-state index contributed by atoms with van der Waals surface area (Å²) in [4.78, 5) is 27.2. The van der Waals surface area contributed by atoms with E-state index in [1.165, 1.54) is 12.1 Å². The van der Waals surface area contributed by atoms with E-state index in [0.717, 1.165) is 11.1 Å². The Hall–Kier alpha value is -3.91. The van der Waals surface area contributed by atoms with Gasteiger partial charge < -0.3 is 9.64 Å². The zero-order valence-corrected chi connectivity index (χ0v) is 16.7. The average Bonchev–Trinajstić information content (AvgIpc) is 2.79. The number of hydrogen-bond donors (Lipinski definition) is 0. The molecule has 1 unspecified atom stereocenters. The van der Waals surface area contributed by atoms with Crippen molar-refractivity contribution < 1.29 is 14.3 Å². The van der Waals surface area contributed by atoms with Crippen LogP contribution in [0.3, 0.4) is 0 Å². The number of esters is 1. The fraction of sp³-hybridized carbons (Fsp3) is 0.160. The van der Waals surface area contributed by atoms with Crippen molar-refractivity contribution in [3.05, 3.63) is 107 Å². The third kappa shape index (κ3) is 5.55. The second-order valence-corrected chi connectivity index (χ2v) is 6.90. The molecule has 3 aromatic rings. The van der Waals surface area contributed by atoms with Crippen LogP contribution in [0.2, 0.25) is 0 Å². The van der Waals surface area contributed by atoms with Gasteiger partial charge >= 0.3 is 5.97 Å². The molecule has 0 fully saturated rings. The average molecular weight is 398 g/mol. The number of ether oxygens (including phenoxy) is 1. The van der Waals surface area contributed by atoms with Crippen molar-refractivity contribution in [1.82, 2.24) is 4.90 Å². The molecule has 0 N–H and O–H groups in total. The maximum absolute atomic E-state index is 13.1. The number of nitriles is 1. The van der Waals surface area contributed by atoms with Crippen LogP contribution in [0.4, 0.5) is 0 Å². The van der Waals surface area contributed by atoms with Crippen molar-refractivity contribution in [2.24, 2.45) is 0 Å². The lowest BCUT2D eigenvalue weighted by molar-refractivity contribution is -0.141. The van der Waals surface area contributed by atoms with Gasteiger partial charge in [0.1, 0.15) is 0 Å². The molecule has 0 aromatic heterocycles. The summed E-state index contributed by atoms with van der Waals surface area (Å²) in [5.41, 5.74) is 2.73. The van der Waals surface area contributed by atoms with Crippen molar-refractivity contribution in [2.45, 2.75) is 26.1 Å². The van der Waals surface area contributed by atoms with E-state index in [-0.39, 0.29) is 5.91 Å². The minimum atomic E-state index is -0.944. The summed E-state index contributed by atoms with van der Waals surface area (Å²) in [6.07, 6.45) is -0.944. The first-order valence-corrected chi connectivity index (χ1v) is 9.64. The Morgan fingerprint density at radius 1 is 0.867 bits per heavy atom. The topological polar surface area (TPSA) is 70.4 Å². The van der Waals surface area contributed by atoms with Crippen LogP contribution in [0.1, 0.15) is 34.0 Å². The summed E-state index contributed by atoms with van der Waals surface area (Å²) in [5.74, 6) is -0.871. The quantitative estimate of drug-likeness (QED) is 0.556. The van der Waals surface area contributed by atoms with Gasteiger partial charge in [-0.3, -0.25) is 4.79 Å². The van der Waals surface area contributed by atoms with E-state index in [2.05, 4.69) is 0 Å². The molecule has 0 saturated carbocycles. The molecule has 0 spiro atoms. The van der Waals surface area contributed by atoms with Crippen LogP contribution in [0.25, 0.3) is 0 Å². The summed E-state index contributed by atoms with van der Waals surface area (Å²) in [6, 6.07) is 27.5. The van der Waals surface area contributed by atoms with E-state index in [1.807, 2.05) is 66.7 Å². The number of carbonyl (C=O) groups excluding carboxylic acids is 2. The summed E-state index contributed by atoms with van der Waals surface area (Å²) in [5, 5.41) is 8.87. The van der Waals surface area contributed by atoms with E-state index >= 15 is 0 Å². The molecule has 0 aliphatic carbocycles. The maximum atomic E-state index is 13.1. The molecule has 1 amide bonds. The lowest BCUT2D eigenvalue weighted by Gasteiger charge is -2.26. The normalized spacial score (nSPS) is 11.2. The fourth-order valence-corrected chi connectivity index (χ4v) is 3.04. The second-order valence-electron chi connectivity index (χ2n) is 6.90. The van der Waals surface area contributed by atoms with Gasteiger partial charge in [0.15, 0.2) is 6.10 Å². The number of benzene rings is 3. The van der Waals surface area contributed by atoms with Crippen molar-refractivity contribution in [1.29, 1.82) is 5.26 Å². The van der Waals surface area contributed by atoms with Crippen molar-refractivity contribution in [3.8, 4) is 6.07 Å². The molecule has 0 radical (unpaired) electrons. The van der Waals surface area contributed by atoms with Gasteiger partial charge in [-0.15, -0.1) is 0 Å². The van der Waals surface area contributed by atoms with Crippen LogP contribution in [0.5, 0.6) is 0 Å². The molecule has 150 valence electrons. The van der Waals surface area contributed by atoms with Crippen LogP contribution in [0.15, 0.2) is 84.9 Å². The summed E-state index contributed by atoms with van der Waals surface area (Å²) < 4.78 is 5.42. The van der Waals surface area contributed by atoms with E-state index in [1.54, 1.807) is 24.0 Å². The first-order valence-electron chi connectivity index (χ1n) is 9.64. The third-order valence-corrected chi connectivity index (χ3v) is 4.63. The first-order chi connectivity index (χ1) is 14.6. The fourth-order valence-electron chi connectivity index (χ4n) is 3.04. The Morgan fingerprint density at radius 3 is 1.83 bits per heavy atom. The van der Waals surface area contributed by atoms with Crippen LogP contribution in [-0.2, 0) is 22.6 Å². The predicted octanol–water partition coefficient (Wildman–Crippen LogP) is 4.33. The minimum Gasteiger partial charge on any atom is -0.449 e. The molecule has 3 rings (SSSR count). The van der Waals surface area contributed by atoms with Gasteiger partial charge in [0.2, 0.25) is 0 Å². The number of nitrogens with zero attached hydrogens (tertiary/aromatic N) is 2. The highest BCUT2D eigenvalue weighted by molar-refractivity contribution is 5.92. The van der Waals surface area contributed by atoms with E-state index < -0.39 is 12.1 Å². The zero-order valence-electron chi connectivity index (χ0n) is 16.7. The molecule has 5 nitrogen and oxygen atoms in total. The largest absolute Gasteiger partial charge is 0.449 e. The SMILES string of the molecule is CC(OC(=O)c1ccc(C#N)cc1)C(=O)N(Cc1ccccc1)Cc1ccccc1. The number of carbonyl (C=O) groups is 2. The molecule has 5 heteroatoms. The Labute approximate surface area is 176 Å². The Kier molecular flexibility index (Phi) is 6.96. The van der Waals surface area contributed by atoms with E-state index in [0.29, 0.717) is 24.2 Å². The lowest BCUT2D eigenvalue weighted by atomic mass is 10.1. The zero-order chi connectivity index (χ0) is 21.3. The number of hydrogen-bond acceptors (Lipinski definition) is 4. The molecule has 30 heavy (non-hydrogen) atoms. The number of rotatable bonds is 7. The monoisotopic (exact) mass is 398 g/mol. The van der Waals surface area contributed by atoms with Gasteiger partial charge in [0.25, 0.3) is 5.91 Å². The second kappa shape index (κ2) is 10.0. The van der Waals surface area contributed by atoms with Gasteiger partial charge in [-0.25, -0.2) is 4.79 Å². The van der Waals surface area contributed by atoms with Gasteiger partial charge in [0, 0.05) is 13.1 Å². The molecule has 0 saturated heterocycles. The highest BCUT2D eigenvalue weighted by atomic mass is 16.5. The molecule has 3 aromatic carbocycles. The van der Waals surface area contributed by atoms with Crippen LogP contribution in [-0.4, -0.2) is 22.9 Å². The van der Waals surface area contributed by atoms with Gasteiger partial charge in [-0.1, -0.05) is 60.7 Å². The molecule has 0 bridgehead atoms. The molecular weight excluding hydrogens is 376 g/mol. The lowest BCUT2D eigenvalue weighted by Crippen LogP contribution is -2.39. The van der Waals surface area contributed by atoms with Gasteiger partial charge in [-0.2, -0.15) is 5.26 Å². The smallest absolute Gasteiger partial charge is 0.338 e. The Balaban J connectivity index is 1.73. The van der Waals surface area contributed by atoms with Crippen LogP contribution in [0, 0.1) is 11.3 Å². The predicted molar refractivity (Wildman–Crippen MR) is 113 cm³/mol. The molecular formula is C25H22N2O3. The highest BCUT2D eigenvalue weighted by Gasteiger charge is 2.25. The molecule has 1 atom stereocenters. The van der Waals surface area contributed by atoms with E-state index in [4.69, 9.17) is 10.00 Å². The van der Waals surface area contributed by atoms with Crippen molar-refractivity contribution in [3.63, 3.8) is 0 Å². The first kappa shape index (κ1) is 20.8. The highest BCUT2D eigenvalue weighted by Crippen LogP contribution is 2.14. The maximum Gasteiger partial charge on any atom is 0.338 e. The Bertz CT molecular complexity index is 984. The summed E-state index contributed by atoms with van der Waals surface area (Å²) >= 11 is 0. The number of amides is 1. The standard InChI is InChI=1S/C25H22N2O3/c1-19(30-25(29)23-14-12-20(16-26)13-15-23)24(28)27(17-21-8-4-2-5-9-21)18-22-10-6-3-7-11-22/h2-15,19H,17-18H2,1H3. The minimum absolute atomic E-state index is 0.273. The van der Waals surface area contributed by atoms with Crippen molar-refractivity contribution in [2.75, 3.05) is 0 Å². The van der Waals surface area contributed by atoms with Gasteiger partial charge in [-0.05, 0) is 42.3 Å². The van der Waals surface area contributed by atoms with Gasteiger partial charge in [0.05, 0.1) is 17.2 Å². The van der Waals surface area contributed by atoms with Crippen LogP contribution >= 0.6 is 0 Å². The Morgan fingerprint density at radius 2 is 1.37 bits per heavy atom. The van der Waals surface area contributed by atoms with Crippen molar-refractivity contribution >= 4 is 11.9 Å². The van der Waals surface area contributed by atoms with Crippen LogP contribution < -0.4 is 0 Å². The molecule has 0 aliphatic rings. The summed E-state index contributed by atoms with van der Waals surface area (Å²) in [7, 11) is 0. The van der Waals surface area contributed by atoms with E-state index in [9.17, 15) is 9.59 Å². The third-order valence-electron chi connectivity index (χ3n) is 4.63. The molecule has 0 heterocycles. The summed E-state index contributed by atoms with van der Waals surface area (Å²) in [6.45, 7) is 2.40. The molecule has 0 aliphatic heterocycles.